The number of methoxy groups -OCH3 is 1. The standard InChI is InChI=1S/C15H16N2O2/c1-11-5-3-6-12(9-11)10-17-14-13(15(18)19-2)7-4-8-16-14/h3-9H,10H2,1-2H3,(H,16,17). The van der Waals surface area contributed by atoms with Crippen LogP contribution in [-0.4, -0.2) is 18.1 Å². The van der Waals surface area contributed by atoms with Gasteiger partial charge in [-0.3, -0.25) is 0 Å². The van der Waals surface area contributed by atoms with E-state index in [1.165, 1.54) is 12.7 Å². The lowest BCUT2D eigenvalue weighted by Crippen LogP contribution is -2.09. The summed E-state index contributed by atoms with van der Waals surface area (Å²) in [5.74, 6) is 0.149. The molecule has 1 aromatic carbocycles. The van der Waals surface area contributed by atoms with Gasteiger partial charge in [0, 0.05) is 12.7 Å². The van der Waals surface area contributed by atoms with Crippen molar-refractivity contribution in [1.82, 2.24) is 4.98 Å². The SMILES string of the molecule is COC(=O)c1cccnc1NCc1cccc(C)c1. The maximum absolute atomic E-state index is 11.6. The van der Waals surface area contributed by atoms with Crippen molar-refractivity contribution in [1.29, 1.82) is 0 Å². The summed E-state index contributed by atoms with van der Waals surface area (Å²) >= 11 is 0. The van der Waals surface area contributed by atoms with Gasteiger partial charge in [0.1, 0.15) is 11.4 Å². The number of nitrogens with zero attached hydrogens (tertiary/aromatic N) is 1. The summed E-state index contributed by atoms with van der Waals surface area (Å²) in [5, 5.41) is 3.16. The number of aromatic nitrogens is 1. The Hall–Kier alpha value is -2.36. The van der Waals surface area contributed by atoms with Crippen LogP contribution in [0.2, 0.25) is 0 Å². The summed E-state index contributed by atoms with van der Waals surface area (Å²) in [7, 11) is 1.36. The van der Waals surface area contributed by atoms with Crippen molar-refractivity contribution in [3.8, 4) is 0 Å². The van der Waals surface area contributed by atoms with Gasteiger partial charge in [-0.15, -0.1) is 0 Å². The van der Waals surface area contributed by atoms with E-state index in [-0.39, 0.29) is 5.97 Å². The number of aryl methyl sites for hydroxylation is 1. The van der Waals surface area contributed by atoms with E-state index in [2.05, 4.69) is 16.4 Å². The smallest absolute Gasteiger partial charge is 0.341 e. The zero-order chi connectivity index (χ0) is 13.7. The highest BCUT2D eigenvalue weighted by molar-refractivity contribution is 5.94. The van der Waals surface area contributed by atoms with Crippen LogP contribution in [0.5, 0.6) is 0 Å². The van der Waals surface area contributed by atoms with E-state index in [0.717, 1.165) is 5.56 Å². The summed E-state index contributed by atoms with van der Waals surface area (Å²) in [4.78, 5) is 15.8. The van der Waals surface area contributed by atoms with Crippen LogP contribution in [0, 0.1) is 6.92 Å². The largest absolute Gasteiger partial charge is 0.465 e. The van der Waals surface area contributed by atoms with Crippen molar-refractivity contribution in [3.05, 3.63) is 59.3 Å². The average molecular weight is 256 g/mol. The Labute approximate surface area is 112 Å². The van der Waals surface area contributed by atoms with Gasteiger partial charge in [0.15, 0.2) is 0 Å². The van der Waals surface area contributed by atoms with Crippen LogP contribution in [0.25, 0.3) is 0 Å². The molecule has 4 heteroatoms. The van der Waals surface area contributed by atoms with Crippen LogP contribution in [0.3, 0.4) is 0 Å². The minimum Gasteiger partial charge on any atom is -0.465 e. The number of hydrogen-bond acceptors (Lipinski definition) is 4. The number of pyridine rings is 1. The molecule has 0 aliphatic carbocycles. The second-order valence-electron chi connectivity index (χ2n) is 4.23. The van der Waals surface area contributed by atoms with E-state index in [1.807, 2.05) is 25.1 Å². The fourth-order valence-electron chi connectivity index (χ4n) is 1.83. The van der Waals surface area contributed by atoms with Gasteiger partial charge in [-0.1, -0.05) is 29.8 Å². The summed E-state index contributed by atoms with van der Waals surface area (Å²) in [6.07, 6.45) is 1.64. The normalized spacial score (nSPS) is 10.0. The molecule has 0 amide bonds. The van der Waals surface area contributed by atoms with Crippen LogP contribution in [0.1, 0.15) is 21.5 Å². The zero-order valence-corrected chi connectivity index (χ0v) is 11.0. The van der Waals surface area contributed by atoms with Crippen molar-refractivity contribution >= 4 is 11.8 Å². The van der Waals surface area contributed by atoms with Crippen molar-refractivity contribution < 1.29 is 9.53 Å². The summed E-state index contributed by atoms with van der Waals surface area (Å²) < 4.78 is 4.73. The minimum atomic E-state index is -0.389. The molecule has 0 radical (unpaired) electrons. The van der Waals surface area contributed by atoms with Gasteiger partial charge >= 0.3 is 5.97 Å². The number of ether oxygens (including phenoxy) is 1. The molecule has 0 fully saturated rings. The Morgan fingerprint density at radius 2 is 2.16 bits per heavy atom. The highest BCUT2D eigenvalue weighted by Crippen LogP contribution is 2.14. The van der Waals surface area contributed by atoms with E-state index < -0.39 is 0 Å². The molecule has 0 aliphatic rings. The first-order valence-corrected chi connectivity index (χ1v) is 6.03. The molecule has 1 N–H and O–H groups in total. The highest BCUT2D eigenvalue weighted by Gasteiger charge is 2.11. The molecule has 1 heterocycles. The molecule has 19 heavy (non-hydrogen) atoms. The number of nitrogens with one attached hydrogen (secondary N) is 1. The summed E-state index contributed by atoms with van der Waals surface area (Å²) in [6, 6.07) is 11.6. The first kappa shape index (κ1) is 13.1. The van der Waals surface area contributed by atoms with Gasteiger partial charge < -0.3 is 10.1 Å². The number of anilines is 1. The topological polar surface area (TPSA) is 51.2 Å². The zero-order valence-electron chi connectivity index (χ0n) is 11.0. The number of hydrogen-bond donors (Lipinski definition) is 1. The molecule has 0 aliphatic heterocycles. The fraction of sp³-hybridized carbons (Fsp3) is 0.200. The molecular formula is C15H16N2O2. The Morgan fingerprint density at radius 1 is 1.32 bits per heavy atom. The van der Waals surface area contributed by atoms with Crippen LogP contribution in [0.4, 0.5) is 5.82 Å². The predicted octanol–water partition coefficient (Wildman–Crippen LogP) is 2.79. The molecule has 2 rings (SSSR count). The van der Waals surface area contributed by atoms with Crippen LogP contribution in [0.15, 0.2) is 42.6 Å². The lowest BCUT2D eigenvalue weighted by atomic mass is 10.1. The van der Waals surface area contributed by atoms with E-state index in [1.54, 1.807) is 18.3 Å². The average Bonchev–Trinajstić information content (AvgIpc) is 2.45. The molecule has 0 saturated carbocycles. The van der Waals surface area contributed by atoms with Crippen molar-refractivity contribution in [2.75, 3.05) is 12.4 Å². The lowest BCUT2D eigenvalue weighted by Gasteiger charge is -2.09. The summed E-state index contributed by atoms with van der Waals surface area (Å²) in [5.41, 5.74) is 2.78. The quantitative estimate of drug-likeness (QED) is 0.855. The van der Waals surface area contributed by atoms with E-state index in [4.69, 9.17) is 4.74 Å². The van der Waals surface area contributed by atoms with Crippen molar-refractivity contribution in [3.63, 3.8) is 0 Å². The van der Waals surface area contributed by atoms with Crippen LogP contribution in [-0.2, 0) is 11.3 Å². The van der Waals surface area contributed by atoms with E-state index >= 15 is 0 Å². The fourth-order valence-corrected chi connectivity index (χ4v) is 1.83. The third-order valence-corrected chi connectivity index (χ3v) is 2.76. The van der Waals surface area contributed by atoms with Gasteiger partial charge in [0.05, 0.1) is 7.11 Å². The van der Waals surface area contributed by atoms with Gasteiger partial charge in [-0.2, -0.15) is 0 Å². The maximum atomic E-state index is 11.6. The Bertz CT molecular complexity index is 582. The van der Waals surface area contributed by atoms with Gasteiger partial charge in [-0.25, -0.2) is 9.78 Å². The second-order valence-corrected chi connectivity index (χ2v) is 4.23. The van der Waals surface area contributed by atoms with Crippen molar-refractivity contribution in [2.45, 2.75) is 13.5 Å². The third-order valence-electron chi connectivity index (χ3n) is 2.76. The number of carbonyl (C=O) groups excluding carboxylic acids is 1. The van der Waals surface area contributed by atoms with Crippen molar-refractivity contribution in [2.24, 2.45) is 0 Å². The minimum absolute atomic E-state index is 0.389. The van der Waals surface area contributed by atoms with E-state index in [9.17, 15) is 4.79 Å². The summed E-state index contributed by atoms with van der Waals surface area (Å²) in [6.45, 7) is 2.66. The molecule has 98 valence electrons. The monoisotopic (exact) mass is 256 g/mol. The third kappa shape index (κ3) is 3.31. The number of benzene rings is 1. The molecular weight excluding hydrogens is 240 g/mol. The van der Waals surface area contributed by atoms with E-state index in [0.29, 0.717) is 17.9 Å². The predicted molar refractivity (Wildman–Crippen MR) is 74.1 cm³/mol. The number of esters is 1. The molecule has 0 spiro atoms. The highest BCUT2D eigenvalue weighted by atomic mass is 16.5. The van der Waals surface area contributed by atoms with Crippen LogP contribution >= 0.6 is 0 Å². The van der Waals surface area contributed by atoms with Gasteiger partial charge in [-0.05, 0) is 24.6 Å². The Balaban J connectivity index is 2.13. The van der Waals surface area contributed by atoms with Gasteiger partial charge in [0.25, 0.3) is 0 Å². The maximum Gasteiger partial charge on any atom is 0.341 e. The molecule has 4 nitrogen and oxygen atoms in total. The molecule has 1 aromatic heterocycles. The van der Waals surface area contributed by atoms with Gasteiger partial charge in [0.2, 0.25) is 0 Å². The molecule has 2 aromatic rings. The molecule has 0 saturated heterocycles. The molecule has 0 unspecified atom stereocenters. The Morgan fingerprint density at radius 3 is 2.89 bits per heavy atom. The molecule has 0 bridgehead atoms. The first-order valence-electron chi connectivity index (χ1n) is 6.03. The van der Waals surface area contributed by atoms with Crippen LogP contribution < -0.4 is 5.32 Å². The number of carbonyl (C=O) groups is 1. The second kappa shape index (κ2) is 6.00. The first-order chi connectivity index (χ1) is 9.20. The lowest BCUT2D eigenvalue weighted by molar-refractivity contribution is 0.0601. The molecule has 0 atom stereocenters. The number of rotatable bonds is 4. The Kier molecular flexibility index (Phi) is 4.13.